The molecule has 12 heteroatoms. The van der Waals surface area contributed by atoms with Crippen LogP contribution in [0.2, 0.25) is 0 Å². The van der Waals surface area contributed by atoms with Crippen molar-refractivity contribution in [3.63, 3.8) is 0 Å². The highest BCUT2D eigenvalue weighted by Crippen LogP contribution is 2.34. The molecule has 0 amide bonds. The first-order chi connectivity index (χ1) is 18.2. The number of ether oxygens (including phenoxy) is 2. The predicted octanol–water partition coefficient (Wildman–Crippen LogP) is 3.09. The Morgan fingerprint density at radius 3 is 2.76 bits per heavy atom. The number of aryl methyl sites for hydroxylation is 2. The van der Waals surface area contributed by atoms with Gasteiger partial charge >= 0.3 is 5.97 Å². The molecule has 4 aromatic rings. The first kappa shape index (κ1) is 25.9. The molecule has 3 aromatic heterocycles. The third-order valence-electron chi connectivity index (χ3n) is 6.69. The van der Waals surface area contributed by atoms with Gasteiger partial charge in [0.1, 0.15) is 16.4 Å². The van der Waals surface area contributed by atoms with Crippen LogP contribution in [0.3, 0.4) is 0 Å². The van der Waals surface area contributed by atoms with Crippen LogP contribution < -0.4 is 15.2 Å². The van der Waals surface area contributed by atoms with Crippen LogP contribution in [0.1, 0.15) is 45.8 Å². The van der Waals surface area contributed by atoms with Crippen LogP contribution in [0, 0.1) is 26.0 Å². The van der Waals surface area contributed by atoms with Gasteiger partial charge in [-0.25, -0.2) is 4.98 Å². The highest BCUT2D eigenvalue weighted by Gasteiger charge is 2.22. The highest BCUT2D eigenvalue weighted by molar-refractivity contribution is 7.18. The highest BCUT2D eigenvalue weighted by atomic mass is 32.1. The standard InChI is InChI=1S/C26H29N5O6S/c1-14-10-17(24-27-25(33)22-18-7-8-30(4)12-20(18)38-26(22)28-24)11-15(2)23(14)35-9-5-6-21(32)36-13-19-16(3)31(34)37-29-19/h10-11H,5-9,12-13H2,1-4H3,(H,27,28,33). The van der Waals surface area contributed by atoms with Crippen LogP contribution in [0.5, 0.6) is 5.75 Å². The Labute approximate surface area is 222 Å². The van der Waals surface area contributed by atoms with E-state index < -0.39 is 5.97 Å². The minimum atomic E-state index is -0.412. The van der Waals surface area contributed by atoms with Crippen molar-refractivity contribution in [2.45, 2.75) is 53.2 Å². The van der Waals surface area contributed by atoms with Crippen LogP contribution in [0.15, 0.2) is 21.6 Å². The van der Waals surface area contributed by atoms with Gasteiger partial charge in [0, 0.05) is 42.0 Å². The topological polar surface area (TPSA) is 137 Å². The molecule has 1 aromatic carbocycles. The van der Waals surface area contributed by atoms with Gasteiger partial charge in [-0.15, -0.1) is 11.3 Å². The van der Waals surface area contributed by atoms with Crippen molar-refractivity contribution in [3.05, 3.63) is 60.6 Å². The number of carbonyl (C=O) groups excluding carboxylic acids is 1. The minimum Gasteiger partial charge on any atom is -0.493 e. The Bertz CT molecular complexity index is 1550. The van der Waals surface area contributed by atoms with Crippen molar-refractivity contribution in [2.75, 3.05) is 20.2 Å². The summed E-state index contributed by atoms with van der Waals surface area (Å²) in [7, 11) is 2.09. The number of carbonyl (C=O) groups is 1. The average molecular weight is 540 g/mol. The lowest BCUT2D eigenvalue weighted by atomic mass is 10.0. The van der Waals surface area contributed by atoms with E-state index in [9.17, 15) is 14.8 Å². The summed E-state index contributed by atoms with van der Waals surface area (Å²) in [5, 5.41) is 15.5. The molecule has 4 heterocycles. The summed E-state index contributed by atoms with van der Waals surface area (Å²) in [6.07, 6.45) is 1.49. The average Bonchev–Trinajstić information content (AvgIpc) is 3.40. The zero-order chi connectivity index (χ0) is 27.0. The van der Waals surface area contributed by atoms with Gasteiger partial charge in [-0.05, 0) is 67.5 Å². The Hall–Kier alpha value is -3.77. The molecule has 11 nitrogen and oxygen atoms in total. The molecule has 1 N–H and O–H groups in total. The van der Waals surface area contributed by atoms with Crippen molar-refractivity contribution in [1.82, 2.24) is 20.0 Å². The number of H-pyrrole nitrogens is 1. The molecule has 1 aliphatic heterocycles. The Balaban J connectivity index is 1.22. The van der Waals surface area contributed by atoms with E-state index in [-0.39, 0.29) is 34.9 Å². The fourth-order valence-corrected chi connectivity index (χ4v) is 5.94. The third kappa shape index (κ3) is 5.14. The zero-order valence-electron chi connectivity index (χ0n) is 21.8. The van der Waals surface area contributed by atoms with Gasteiger partial charge in [-0.2, -0.15) is 0 Å². The molecule has 0 fully saturated rings. The summed E-state index contributed by atoms with van der Waals surface area (Å²) in [4.78, 5) is 37.3. The fraction of sp³-hybridized carbons (Fsp3) is 0.423. The van der Waals surface area contributed by atoms with E-state index in [1.165, 1.54) is 11.8 Å². The van der Waals surface area contributed by atoms with E-state index in [1.807, 2.05) is 26.0 Å². The maximum Gasteiger partial charge on any atom is 0.306 e. The van der Waals surface area contributed by atoms with E-state index in [2.05, 4.69) is 26.7 Å². The summed E-state index contributed by atoms with van der Waals surface area (Å²) in [6.45, 7) is 7.42. The molecule has 5 rings (SSSR count). The number of rotatable bonds is 8. The van der Waals surface area contributed by atoms with E-state index in [4.69, 9.17) is 14.5 Å². The Kier molecular flexibility index (Phi) is 7.17. The Morgan fingerprint density at radius 1 is 1.29 bits per heavy atom. The van der Waals surface area contributed by atoms with Gasteiger partial charge in [0.2, 0.25) is 0 Å². The van der Waals surface area contributed by atoms with Crippen LogP contribution in [0.4, 0.5) is 0 Å². The van der Waals surface area contributed by atoms with Crippen molar-refractivity contribution in [3.8, 4) is 17.1 Å². The molecular formula is C26H29N5O6S. The molecule has 1 aliphatic rings. The van der Waals surface area contributed by atoms with Gasteiger partial charge in [-0.3, -0.25) is 14.2 Å². The lowest BCUT2D eigenvalue weighted by Gasteiger charge is -2.21. The van der Waals surface area contributed by atoms with Crippen LogP contribution in [0.25, 0.3) is 21.6 Å². The number of benzene rings is 1. The molecule has 200 valence electrons. The number of fused-ring (bicyclic) bond motifs is 3. The van der Waals surface area contributed by atoms with Gasteiger partial charge in [-0.1, -0.05) is 0 Å². The molecule has 0 saturated carbocycles. The van der Waals surface area contributed by atoms with Gasteiger partial charge in [0.05, 0.1) is 12.0 Å². The SMILES string of the molecule is Cc1cc(-c2nc3sc4c(c3c(=O)[nH]2)CCN(C)C4)cc(C)c1OCCCC(=O)OCc1no[n+]([O-])c1C. The molecule has 0 bridgehead atoms. The maximum atomic E-state index is 13.0. The number of nitrogens with one attached hydrogen (secondary N) is 1. The summed E-state index contributed by atoms with van der Waals surface area (Å²) in [5.74, 6) is 0.864. The predicted molar refractivity (Wildman–Crippen MR) is 140 cm³/mol. The molecule has 0 unspecified atom stereocenters. The lowest BCUT2D eigenvalue weighted by Crippen LogP contribution is -2.26. The number of likely N-dealkylation sites (N-methyl/N-ethyl adjacent to an activating group) is 1. The normalized spacial score (nSPS) is 13.6. The molecule has 0 saturated heterocycles. The molecule has 38 heavy (non-hydrogen) atoms. The summed E-state index contributed by atoms with van der Waals surface area (Å²) in [5.41, 5.74) is 4.22. The summed E-state index contributed by atoms with van der Waals surface area (Å²) in [6, 6.07) is 3.90. The van der Waals surface area contributed by atoms with E-state index in [0.29, 0.717) is 18.9 Å². The maximum absolute atomic E-state index is 13.0. The first-order valence-electron chi connectivity index (χ1n) is 12.4. The number of nitrogens with zero attached hydrogens (tertiary/aromatic N) is 4. The number of aromatic nitrogens is 4. The summed E-state index contributed by atoms with van der Waals surface area (Å²) >= 11 is 1.60. The van der Waals surface area contributed by atoms with E-state index in [1.54, 1.807) is 11.3 Å². The second-order valence-corrected chi connectivity index (χ2v) is 10.7. The number of thiophene rings is 1. The second kappa shape index (κ2) is 10.5. The number of esters is 1. The zero-order valence-corrected chi connectivity index (χ0v) is 22.6. The quantitative estimate of drug-likeness (QED) is 0.203. The third-order valence-corrected chi connectivity index (χ3v) is 7.80. The number of hydrogen-bond donors (Lipinski definition) is 1. The van der Waals surface area contributed by atoms with Crippen LogP contribution in [-0.2, 0) is 29.1 Å². The van der Waals surface area contributed by atoms with Gasteiger partial charge in [0.25, 0.3) is 11.3 Å². The number of aromatic amines is 1. The molecule has 0 atom stereocenters. The van der Waals surface area contributed by atoms with Crippen molar-refractivity contribution >= 4 is 27.5 Å². The molecule has 0 radical (unpaired) electrons. The smallest absolute Gasteiger partial charge is 0.306 e. The molecular weight excluding hydrogens is 510 g/mol. The van der Waals surface area contributed by atoms with Crippen molar-refractivity contribution in [1.29, 1.82) is 0 Å². The van der Waals surface area contributed by atoms with E-state index in [0.717, 1.165) is 57.7 Å². The van der Waals surface area contributed by atoms with Crippen LogP contribution in [-0.4, -0.2) is 46.2 Å². The number of hydrogen-bond acceptors (Lipinski definition) is 10. The van der Waals surface area contributed by atoms with Crippen molar-refractivity contribution < 1.29 is 23.8 Å². The fourth-order valence-electron chi connectivity index (χ4n) is 4.64. The molecule has 0 aliphatic carbocycles. The second-order valence-electron chi connectivity index (χ2n) is 9.60. The lowest BCUT2D eigenvalue weighted by molar-refractivity contribution is -0.806. The Morgan fingerprint density at radius 2 is 2.05 bits per heavy atom. The largest absolute Gasteiger partial charge is 0.493 e. The molecule has 0 spiro atoms. The monoisotopic (exact) mass is 539 g/mol. The van der Waals surface area contributed by atoms with E-state index >= 15 is 0 Å². The minimum absolute atomic E-state index is 0.0968. The summed E-state index contributed by atoms with van der Waals surface area (Å²) < 4.78 is 15.6. The van der Waals surface area contributed by atoms with Gasteiger partial charge < -0.3 is 24.6 Å². The first-order valence-corrected chi connectivity index (χ1v) is 13.2. The van der Waals surface area contributed by atoms with Gasteiger partial charge in [0.15, 0.2) is 12.3 Å². The van der Waals surface area contributed by atoms with Crippen LogP contribution >= 0.6 is 11.3 Å². The van der Waals surface area contributed by atoms with Crippen molar-refractivity contribution in [2.24, 2.45) is 0 Å².